The number of hydrogen-bond donors (Lipinski definition) is 2. The standard InChI is InChI=1S/C20H20ClN3O3/c1-12-3-4-13(2)17(9-12)24-11-15(10-18(24)25)20(27)23-22-19(26)14-5-7-16(21)8-6-14/h3-9,15H,10-11H2,1-2H3,(H,22,26)(H,23,27)/t15-/m0/s1. The number of hydrazine groups is 1. The molecule has 27 heavy (non-hydrogen) atoms. The lowest BCUT2D eigenvalue weighted by Gasteiger charge is -2.19. The second-order valence-corrected chi connectivity index (χ2v) is 7.08. The molecule has 0 aliphatic carbocycles. The second-order valence-electron chi connectivity index (χ2n) is 6.65. The van der Waals surface area contributed by atoms with Gasteiger partial charge in [0.1, 0.15) is 0 Å². The van der Waals surface area contributed by atoms with Crippen molar-refractivity contribution in [1.29, 1.82) is 0 Å². The second kappa shape index (κ2) is 7.80. The Labute approximate surface area is 162 Å². The SMILES string of the molecule is Cc1ccc(C)c(N2C[C@@H](C(=O)NNC(=O)c3ccc(Cl)cc3)CC2=O)c1. The molecule has 0 aromatic heterocycles. The first-order valence-corrected chi connectivity index (χ1v) is 8.96. The Bertz CT molecular complexity index is 896. The molecule has 1 fully saturated rings. The van der Waals surface area contributed by atoms with Crippen LogP contribution in [-0.4, -0.2) is 24.3 Å². The zero-order valence-electron chi connectivity index (χ0n) is 15.1. The molecule has 6 nitrogen and oxygen atoms in total. The molecule has 0 unspecified atom stereocenters. The number of halogens is 1. The van der Waals surface area contributed by atoms with Crippen LogP contribution < -0.4 is 15.8 Å². The largest absolute Gasteiger partial charge is 0.311 e. The van der Waals surface area contributed by atoms with Crippen LogP contribution in [0.2, 0.25) is 5.02 Å². The van der Waals surface area contributed by atoms with Crippen LogP contribution in [0.3, 0.4) is 0 Å². The van der Waals surface area contributed by atoms with Gasteiger partial charge in [0.05, 0.1) is 5.92 Å². The Morgan fingerprint density at radius 3 is 2.48 bits per heavy atom. The zero-order chi connectivity index (χ0) is 19.6. The van der Waals surface area contributed by atoms with Crippen molar-refractivity contribution in [2.75, 3.05) is 11.4 Å². The summed E-state index contributed by atoms with van der Waals surface area (Å²) in [5.41, 5.74) is 8.00. The fraction of sp³-hybridized carbons (Fsp3) is 0.250. The molecule has 0 bridgehead atoms. The smallest absolute Gasteiger partial charge is 0.269 e. The molecule has 7 heteroatoms. The van der Waals surface area contributed by atoms with Gasteiger partial charge >= 0.3 is 0 Å². The fourth-order valence-electron chi connectivity index (χ4n) is 3.02. The molecule has 0 saturated carbocycles. The number of amides is 3. The van der Waals surface area contributed by atoms with Gasteiger partial charge in [0, 0.05) is 29.2 Å². The number of carbonyl (C=O) groups excluding carboxylic acids is 3. The van der Waals surface area contributed by atoms with Gasteiger partial charge in [-0.2, -0.15) is 0 Å². The maximum atomic E-state index is 12.4. The van der Waals surface area contributed by atoms with Crippen LogP contribution in [-0.2, 0) is 9.59 Å². The molecule has 2 N–H and O–H groups in total. The summed E-state index contributed by atoms with van der Waals surface area (Å²) in [7, 11) is 0. The highest BCUT2D eigenvalue weighted by atomic mass is 35.5. The van der Waals surface area contributed by atoms with Gasteiger partial charge in [0.2, 0.25) is 11.8 Å². The lowest BCUT2D eigenvalue weighted by Crippen LogP contribution is -2.45. The summed E-state index contributed by atoms with van der Waals surface area (Å²) in [5, 5.41) is 0.520. The third-order valence-corrected chi connectivity index (χ3v) is 4.81. The number of rotatable bonds is 3. The van der Waals surface area contributed by atoms with Gasteiger partial charge in [-0.3, -0.25) is 25.2 Å². The van der Waals surface area contributed by atoms with Crippen LogP contribution in [0.1, 0.15) is 27.9 Å². The normalized spacial score (nSPS) is 16.3. The van der Waals surface area contributed by atoms with Gasteiger partial charge in [-0.05, 0) is 55.3 Å². The molecule has 3 rings (SSSR count). The molecular weight excluding hydrogens is 366 g/mol. The molecule has 1 aliphatic rings. The maximum Gasteiger partial charge on any atom is 0.269 e. The molecular formula is C20H20ClN3O3. The van der Waals surface area contributed by atoms with E-state index in [1.165, 1.54) is 0 Å². The topological polar surface area (TPSA) is 78.5 Å². The van der Waals surface area contributed by atoms with Gasteiger partial charge in [-0.25, -0.2) is 0 Å². The van der Waals surface area contributed by atoms with Crippen molar-refractivity contribution in [2.45, 2.75) is 20.3 Å². The van der Waals surface area contributed by atoms with Crippen molar-refractivity contribution in [3.05, 3.63) is 64.2 Å². The molecule has 1 aliphatic heterocycles. The average Bonchev–Trinajstić information content (AvgIpc) is 3.03. The predicted molar refractivity (Wildman–Crippen MR) is 103 cm³/mol. The van der Waals surface area contributed by atoms with Crippen LogP contribution in [0.15, 0.2) is 42.5 Å². The summed E-state index contributed by atoms with van der Waals surface area (Å²) in [6.07, 6.45) is 0.107. The van der Waals surface area contributed by atoms with Crippen LogP contribution in [0, 0.1) is 19.8 Å². The predicted octanol–water partition coefficient (Wildman–Crippen LogP) is 2.77. The van der Waals surface area contributed by atoms with Gasteiger partial charge in [-0.15, -0.1) is 0 Å². The molecule has 1 atom stereocenters. The van der Waals surface area contributed by atoms with Gasteiger partial charge in [0.15, 0.2) is 0 Å². The third kappa shape index (κ3) is 4.28. The Kier molecular flexibility index (Phi) is 5.46. The van der Waals surface area contributed by atoms with Crippen molar-refractivity contribution in [3.63, 3.8) is 0 Å². The summed E-state index contributed by atoms with van der Waals surface area (Å²) in [4.78, 5) is 38.5. The molecule has 2 aromatic rings. The fourth-order valence-corrected chi connectivity index (χ4v) is 3.15. The van der Waals surface area contributed by atoms with Gasteiger partial charge in [-0.1, -0.05) is 23.7 Å². The first kappa shape index (κ1) is 18.9. The molecule has 140 valence electrons. The lowest BCUT2D eigenvalue weighted by molar-refractivity contribution is -0.126. The Morgan fingerprint density at radius 2 is 1.78 bits per heavy atom. The monoisotopic (exact) mass is 385 g/mol. The van der Waals surface area contributed by atoms with E-state index in [2.05, 4.69) is 10.9 Å². The molecule has 0 radical (unpaired) electrons. The number of aryl methyl sites for hydroxylation is 2. The van der Waals surface area contributed by atoms with Crippen molar-refractivity contribution in [1.82, 2.24) is 10.9 Å². The van der Waals surface area contributed by atoms with Crippen molar-refractivity contribution in [2.24, 2.45) is 5.92 Å². The summed E-state index contributed by atoms with van der Waals surface area (Å²) >= 11 is 5.79. The average molecular weight is 386 g/mol. The van der Waals surface area contributed by atoms with E-state index in [0.29, 0.717) is 10.6 Å². The number of nitrogens with zero attached hydrogens (tertiary/aromatic N) is 1. The quantitative estimate of drug-likeness (QED) is 0.797. The highest BCUT2D eigenvalue weighted by Crippen LogP contribution is 2.28. The summed E-state index contributed by atoms with van der Waals surface area (Å²) in [6, 6.07) is 12.2. The Morgan fingerprint density at radius 1 is 1.07 bits per heavy atom. The lowest BCUT2D eigenvalue weighted by atomic mass is 10.1. The minimum Gasteiger partial charge on any atom is -0.311 e. The van der Waals surface area contributed by atoms with E-state index in [9.17, 15) is 14.4 Å². The summed E-state index contributed by atoms with van der Waals surface area (Å²) < 4.78 is 0. The van der Waals surface area contributed by atoms with Gasteiger partial charge in [0.25, 0.3) is 5.91 Å². The van der Waals surface area contributed by atoms with Gasteiger partial charge < -0.3 is 4.90 Å². The van der Waals surface area contributed by atoms with E-state index in [4.69, 9.17) is 11.6 Å². The molecule has 0 spiro atoms. The minimum atomic E-state index is -0.525. The highest BCUT2D eigenvalue weighted by Gasteiger charge is 2.35. The number of hydrogen-bond acceptors (Lipinski definition) is 3. The Balaban J connectivity index is 1.61. The molecule has 1 saturated heterocycles. The van der Waals surface area contributed by atoms with Crippen molar-refractivity contribution >= 4 is 35.0 Å². The minimum absolute atomic E-state index is 0.104. The summed E-state index contributed by atoms with van der Waals surface area (Å²) in [6.45, 7) is 4.17. The van der Waals surface area contributed by atoms with E-state index < -0.39 is 17.7 Å². The van der Waals surface area contributed by atoms with E-state index in [-0.39, 0.29) is 18.9 Å². The maximum absolute atomic E-state index is 12.4. The number of nitrogens with one attached hydrogen (secondary N) is 2. The first-order valence-electron chi connectivity index (χ1n) is 8.58. The van der Waals surface area contributed by atoms with E-state index >= 15 is 0 Å². The first-order chi connectivity index (χ1) is 12.8. The van der Waals surface area contributed by atoms with Crippen molar-refractivity contribution in [3.8, 4) is 0 Å². The Hall–Kier alpha value is -2.86. The number of carbonyl (C=O) groups is 3. The van der Waals surface area contributed by atoms with E-state index in [1.54, 1.807) is 29.2 Å². The number of benzene rings is 2. The van der Waals surface area contributed by atoms with Crippen LogP contribution in [0.25, 0.3) is 0 Å². The molecule has 1 heterocycles. The summed E-state index contributed by atoms with van der Waals surface area (Å²) in [5.74, 6) is -1.47. The van der Waals surface area contributed by atoms with E-state index in [0.717, 1.165) is 16.8 Å². The van der Waals surface area contributed by atoms with Crippen LogP contribution >= 0.6 is 11.6 Å². The zero-order valence-corrected chi connectivity index (χ0v) is 15.8. The molecule has 2 aromatic carbocycles. The van der Waals surface area contributed by atoms with Crippen LogP contribution in [0.5, 0.6) is 0 Å². The van der Waals surface area contributed by atoms with E-state index in [1.807, 2.05) is 32.0 Å². The molecule has 3 amide bonds. The number of anilines is 1. The third-order valence-electron chi connectivity index (χ3n) is 4.56. The van der Waals surface area contributed by atoms with Crippen LogP contribution in [0.4, 0.5) is 5.69 Å². The van der Waals surface area contributed by atoms with Crippen molar-refractivity contribution < 1.29 is 14.4 Å². The highest BCUT2D eigenvalue weighted by molar-refractivity contribution is 6.30.